The molecule has 0 aliphatic heterocycles. The average molecular weight is 360 g/mol. The number of hydrogen-bond donors (Lipinski definition) is 2. The minimum Gasteiger partial charge on any atom is -0.397 e. The van der Waals surface area contributed by atoms with Crippen LogP contribution in [0.2, 0.25) is 10.0 Å². The highest BCUT2D eigenvalue weighted by Crippen LogP contribution is 2.33. The summed E-state index contributed by atoms with van der Waals surface area (Å²) in [6.45, 7) is 1.72. The highest BCUT2D eigenvalue weighted by molar-refractivity contribution is 7.91. The van der Waals surface area contributed by atoms with Crippen LogP contribution in [0, 0.1) is 6.92 Å². The summed E-state index contributed by atoms with van der Waals surface area (Å²) in [6, 6.07) is 7.00. The molecule has 1 amide bonds. The number of rotatable bonds is 3. The molecule has 0 unspecified atom stereocenters. The van der Waals surface area contributed by atoms with Gasteiger partial charge in [0.05, 0.1) is 20.5 Å². The molecule has 0 saturated heterocycles. The quantitative estimate of drug-likeness (QED) is 0.818. The molecular weight excluding hydrogens is 347 g/mol. The molecule has 0 aromatic heterocycles. The first-order valence-electron chi connectivity index (χ1n) is 6.11. The summed E-state index contributed by atoms with van der Waals surface area (Å²) in [5.41, 5.74) is 9.42. The van der Waals surface area contributed by atoms with Crippen molar-refractivity contribution in [2.75, 3.05) is 5.73 Å². The molecule has 0 heterocycles. The van der Waals surface area contributed by atoms with Crippen LogP contribution in [-0.2, 0) is 9.84 Å². The molecule has 22 heavy (non-hydrogen) atoms. The smallest absolute Gasteiger partial charge is 0.344 e. The topological polar surface area (TPSA) is 105 Å². The van der Waals surface area contributed by atoms with E-state index in [1.807, 2.05) is 0 Å². The molecule has 0 spiro atoms. The lowest BCUT2D eigenvalue weighted by Gasteiger charge is -2.11. The maximum absolute atomic E-state index is 12.7. The van der Waals surface area contributed by atoms with E-state index in [0.717, 1.165) is 0 Å². The summed E-state index contributed by atoms with van der Waals surface area (Å²) in [6.07, 6.45) is 0. The van der Waals surface area contributed by atoms with E-state index >= 15 is 0 Å². The number of nitrogens with two attached hydrogens (primary N) is 1. The lowest BCUT2D eigenvalue weighted by Crippen LogP contribution is -2.57. The number of anilines is 1. The van der Waals surface area contributed by atoms with E-state index in [9.17, 15) is 13.2 Å². The first-order chi connectivity index (χ1) is 10.1. The van der Waals surface area contributed by atoms with Gasteiger partial charge in [-0.15, -0.1) is 0 Å². The molecule has 5 nitrogen and oxygen atoms in total. The van der Waals surface area contributed by atoms with Crippen molar-refractivity contribution in [1.82, 2.24) is 0 Å². The van der Waals surface area contributed by atoms with Crippen LogP contribution in [-0.4, -0.2) is 14.3 Å². The molecule has 0 radical (unpaired) electrons. The summed E-state index contributed by atoms with van der Waals surface area (Å²) in [7, 11) is -3.94. The van der Waals surface area contributed by atoms with E-state index in [4.69, 9.17) is 28.9 Å². The Morgan fingerprint density at radius 1 is 1.18 bits per heavy atom. The van der Waals surface area contributed by atoms with Gasteiger partial charge in [-0.25, -0.2) is 13.2 Å². The summed E-state index contributed by atoms with van der Waals surface area (Å²) in [5, 5.41) is 0.346. The number of aryl methyl sites for hydroxylation is 1. The maximum Gasteiger partial charge on any atom is 0.344 e. The van der Waals surface area contributed by atoms with Crippen molar-refractivity contribution in [3.8, 4) is 0 Å². The molecule has 2 aromatic rings. The van der Waals surface area contributed by atoms with E-state index in [-0.39, 0.29) is 26.1 Å². The lowest BCUT2D eigenvalue weighted by atomic mass is 10.1. The van der Waals surface area contributed by atoms with Crippen molar-refractivity contribution in [1.29, 1.82) is 0 Å². The summed E-state index contributed by atoms with van der Waals surface area (Å²) in [5.74, 6) is -0.651. The molecule has 0 bridgehead atoms. The zero-order chi connectivity index (χ0) is 16.7. The van der Waals surface area contributed by atoms with E-state index < -0.39 is 15.7 Å². The Hall–Kier alpha value is -1.60. The van der Waals surface area contributed by atoms with Gasteiger partial charge in [0.25, 0.3) is 0 Å². The van der Waals surface area contributed by atoms with Crippen LogP contribution in [0.1, 0.15) is 15.9 Å². The van der Waals surface area contributed by atoms with Crippen LogP contribution in [0.4, 0.5) is 5.69 Å². The van der Waals surface area contributed by atoms with Crippen LogP contribution < -0.4 is 11.5 Å². The summed E-state index contributed by atoms with van der Waals surface area (Å²) >= 11 is 11.8. The lowest BCUT2D eigenvalue weighted by molar-refractivity contribution is -0.254. The molecule has 0 aliphatic rings. The third kappa shape index (κ3) is 2.96. The Labute approximate surface area is 137 Å². The fraction of sp³-hybridized carbons (Fsp3) is 0.0714. The van der Waals surface area contributed by atoms with Gasteiger partial charge in [-0.3, -0.25) is 5.73 Å². The van der Waals surface area contributed by atoms with Gasteiger partial charge in [0.2, 0.25) is 9.84 Å². The number of amides is 1. The molecule has 116 valence electrons. The van der Waals surface area contributed by atoms with Crippen LogP contribution in [0.3, 0.4) is 0 Å². The van der Waals surface area contributed by atoms with E-state index in [0.29, 0.717) is 10.6 Å². The second-order valence-corrected chi connectivity index (χ2v) is 7.49. The Bertz CT molecular complexity index is 860. The maximum atomic E-state index is 12.7. The number of sulfone groups is 1. The van der Waals surface area contributed by atoms with Gasteiger partial charge in [-0.2, -0.15) is 0 Å². The minimum absolute atomic E-state index is 0.00557. The second-order valence-electron chi connectivity index (χ2n) is 4.73. The van der Waals surface area contributed by atoms with Gasteiger partial charge < -0.3 is 5.73 Å². The highest BCUT2D eigenvalue weighted by atomic mass is 35.5. The van der Waals surface area contributed by atoms with Crippen LogP contribution >= 0.6 is 23.2 Å². The van der Waals surface area contributed by atoms with Crippen molar-refractivity contribution < 1.29 is 18.9 Å². The number of carbonyl (C=O) groups is 1. The third-order valence-corrected chi connectivity index (χ3v) is 5.37. The zero-order valence-corrected chi connectivity index (χ0v) is 13.9. The monoisotopic (exact) mass is 359 g/mol. The predicted molar refractivity (Wildman–Crippen MR) is 84.7 cm³/mol. The Morgan fingerprint density at radius 2 is 1.82 bits per heavy atom. The number of nitrogen functional groups attached to an aromatic ring is 1. The Kier molecular flexibility index (Phi) is 4.49. The standard InChI is InChI=1S/C14H12Cl2N2O3S/c1-7-4-8(15)6-9(5-7)22(20,21)11-3-2-10(16)12(13(11)17)14(18)19/h2-6H,17H2,1H3,(H2,18,19)/p+1. The molecule has 0 fully saturated rings. The summed E-state index contributed by atoms with van der Waals surface area (Å²) in [4.78, 5) is 11.3. The van der Waals surface area contributed by atoms with Crippen molar-refractivity contribution in [3.05, 3.63) is 51.5 Å². The van der Waals surface area contributed by atoms with Crippen LogP contribution in [0.5, 0.6) is 0 Å². The van der Waals surface area contributed by atoms with Crippen molar-refractivity contribution >= 4 is 44.6 Å². The summed E-state index contributed by atoms with van der Waals surface area (Å²) < 4.78 is 25.5. The second kappa shape index (κ2) is 5.89. The van der Waals surface area contributed by atoms with Gasteiger partial charge in [-0.05, 0) is 42.8 Å². The molecular formula is C14H13Cl2N2O3S+. The molecule has 8 heteroatoms. The van der Waals surface area contributed by atoms with E-state index in [2.05, 4.69) is 5.73 Å². The fourth-order valence-corrected chi connectivity index (χ4v) is 4.22. The van der Waals surface area contributed by atoms with Gasteiger partial charge >= 0.3 is 5.91 Å². The predicted octanol–water partition coefficient (Wildman–Crippen LogP) is 2.10. The molecule has 0 saturated carbocycles. The van der Waals surface area contributed by atoms with Gasteiger partial charge in [0, 0.05) is 5.02 Å². The number of quaternary nitrogens is 1. The first-order valence-corrected chi connectivity index (χ1v) is 8.35. The van der Waals surface area contributed by atoms with E-state index in [1.54, 1.807) is 13.0 Å². The zero-order valence-electron chi connectivity index (χ0n) is 11.6. The van der Waals surface area contributed by atoms with Crippen molar-refractivity contribution in [2.24, 2.45) is 0 Å². The molecule has 2 aromatic carbocycles. The van der Waals surface area contributed by atoms with Crippen molar-refractivity contribution in [3.63, 3.8) is 0 Å². The molecule has 5 N–H and O–H groups in total. The van der Waals surface area contributed by atoms with Gasteiger partial charge in [0.1, 0.15) is 5.56 Å². The van der Waals surface area contributed by atoms with Crippen LogP contribution in [0.25, 0.3) is 0 Å². The average Bonchev–Trinajstić information content (AvgIpc) is 2.36. The number of carbonyl (C=O) groups excluding carboxylic acids is 1. The number of hydrogen-bond acceptors (Lipinski definition) is 4. The van der Waals surface area contributed by atoms with Crippen LogP contribution in [0.15, 0.2) is 40.1 Å². The molecule has 0 aliphatic carbocycles. The first kappa shape index (κ1) is 16.8. The van der Waals surface area contributed by atoms with Gasteiger partial charge in [-0.1, -0.05) is 23.2 Å². The number of halogens is 2. The third-order valence-electron chi connectivity index (χ3n) is 3.05. The van der Waals surface area contributed by atoms with Gasteiger partial charge in [0.15, 0.2) is 0 Å². The SMILES string of the molecule is Cc1cc(Cl)cc(S(=O)(=O)c2ccc(Cl)c(C([NH3+])=O)c2N)c1. The molecule has 2 rings (SSSR count). The normalized spacial score (nSPS) is 11.5. The highest BCUT2D eigenvalue weighted by Gasteiger charge is 2.26. The van der Waals surface area contributed by atoms with E-state index in [1.165, 1.54) is 24.3 Å². The fourth-order valence-electron chi connectivity index (χ4n) is 2.08. The van der Waals surface area contributed by atoms with Crippen molar-refractivity contribution in [2.45, 2.75) is 16.7 Å². The Balaban J connectivity index is 2.75. The minimum atomic E-state index is -3.94. The molecule has 0 atom stereocenters. The number of benzene rings is 2. The Morgan fingerprint density at radius 3 is 2.36 bits per heavy atom. The largest absolute Gasteiger partial charge is 0.397 e.